The van der Waals surface area contributed by atoms with Crippen LogP contribution in [-0.2, 0) is 6.18 Å². The van der Waals surface area contributed by atoms with Crippen molar-refractivity contribution in [3.8, 4) is 0 Å². The molecule has 1 unspecified atom stereocenters. The number of nitrogens with zero attached hydrogens (tertiary/aromatic N) is 1. The van der Waals surface area contributed by atoms with Gasteiger partial charge in [0.15, 0.2) is 0 Å². The highest BCUT2D eigenvalue weighted by Crippen LogP contribution is 2.38. The minimum absolute atomic E-state index is 0.294. The Balaban J connectivity index is 3.19. The topological polar surface area (TPSA) is 29.4 Å². The molecule has 0 radical (unpaired) electrons. The Morgan fingerprint density at radius 3 is 2.18 bits per heavy atom. The minimum Gasteiger partial charge on any atom is -0.166 e. The van der Waals surface area contributed by atoms with E-state index < -0.39 is 23.2 Å². The van der Waals surface area contributed by atoms with Crippen LogP contribution in [0.5, 0.6) is 0 Å². The fraction of sp³-hybridized carbons (Fsp3) is 0.500. The smallest absolute Gasteiger partial charge is 0.166 e. The molecule has 0 amide bonds. The summed E-state index contributed by atoms with van der Waals surface area (Å²) in [6.07, 6.45) is -4.40. The molecule has 0 saturated heterocycles. The lowest BCUT2D eigenvalue weighted by Gasteiger charge is -2.25. The molecule has 0 N–H and O–H groups in total. The Hall–Kier alpha value is -1.39. The summed E-state index contributed by atoms with van der Waals surface area (Å²) < 4.78 is 37.6. The van der Waals surface area contributed by atoms with Gasteiger partial charge in [-0.3, -0.25) is 0 Å². The summed E-state index contributed by atoms with van der Waals surface area (Å²) >= 11 is 0. The Kier molecular flexibility index (Phi) is 3.59. The number of halogens is 3. The Bertz CT molecular complexity index is 407. The van der Waals surface area contributed by atoms with Crippen molar-refractivity contribution in [2.75, 3.05) is 0 Å². The average molecular weight is 245 g/mol. The maximum Gasteiger partial charge on any atom is 0.416 e. The van der Waals surface area contributed by atoms with E-state index in [-0.39, 0.29) is 0 Å². The molecule has 0 aliphatic rings. The first kappa shape index (κ1) is 13.7. The van der Waals surface area contributed by atoms with E-state index in [0.29, 0.717) is 5.56 Å². The van der Waals surface area contributed by atoms with Crippen LogP contribution in [0.1, 0.15) is 37.9 Å². The number of alkyl halides is 3. The molecule has 1 rings (SSSR count). The molecule has 0 aliphatic heterocycles. The second kappa shape index (κ2) is 4.47. The molecule has 0 heterocycles. The predicted molar refractivity (Wildman–Crippen MR) is 59.4 cm³/mol. The van der Waals surface area contributed by atoms with E-state index in [1.165, 1.54) is 12.1 Å². The summed E-state index contributed by atoms with van der Waals surface area (Å²) in [7, 11) is 0. The van der Waals surface area contributed by atoms with E-state index in [2.05, 4.69) is 5.18 Å². The number of nitroso groups, excluding NO2 is 1. The summed E-state index contributed by atoms with van der Waals surface area (Å²) in [6.45, 7) is 5.29. The average Bonchev–Trinajstić information content (AvgIpc) is 2.15. The lowest BCUT2D eigenvalue weighted by atomic mass is 9.82. The van der Waals surface area contributed by atoms with Crippen molar-refractivity contribution < 1.29 is 13.2 Å². The third kappa shape index (κ3) is 3.28. The molecule has 1 aromatic carbocycles. The van der Waals surface area contributed by atoms with E-state index in [4.69, 9.17) is 0 Å². The molecule has 5 heteroatoms. The van der Waals surface area contributed by atoms with Crippen molar-refractivity contribution >= 4 is 0 Å². The van der Waals surface area contributed by atoms with Crippen molar-refractivity contribution in [3.63, 3.8) is 0 Å². The molecule has 17 heavy (non-hydrogen) atoms. The predicted octanol–water partition coefficient (Wildman–Crippen LogP) is 4.56. The summed E-state index contributed by atoms with van der Waals surface area (Å²) in [6, 6.07) is 3.96. The lowest BCUT2D eigenvalue weighted by Crippen LogP contribution is -2.17. The van der Waals surface area contributed by atoms with Gasteiger partial charge in [-0.15, -0.1) is 0 Å². The van der Waals surface area contributed by atoms with Crippen LogP contribution in [0.4, 0.5) is 13.2 Å². The molecule has 0 spiro atoms. The molecular weight excluding hydrogens is 231 g/mol. The molecule has 1 aromatic rings. The van der Waals surface area contributed by atoms with Gasteiger partial charge in [-0.1, -0.05) is 38.1 Å². The largest absolute Gasteiger partial charge is 0.416 e. The normalized spacial score (nSPS) is 14.5. The zero-order valence-corrected chi connectivity index (χ0v) is 9.88. The van der Waals surface area contributed by atoms with Crippen LogP contribution in [-0.4, -0.2) is 0 Å². The lowest BCUT2D eigenvalue weighted by molar-refractivity contribution is -0.137. The molecule has 1 atom stereocenters. The zero-order chi connectivity index (χ0) is 13.3. The molecule has 0 bridgehead atoms. The highest BCUT2D eigenvalue weighted by atomic mass is 19.4. The first-order valence-corrected chi connectivity index (χ1v) is 5.16. The SMILES string of the molecule is CC(C)(C)C(N=O)c1cccc(C(F)(F)F)c1. The minimum atomic E-state index is -4.40. The van der Waals surface area contributed by atoms with Gasteiger partial charge in [0.1, 0.15) is 6.04 Å². The molecular formula is C12H14F3NO. The summed E-state index contributed by atoms with van der Waals surface area (Å²) in [4.78, 5) is 10.8. The van der Waals surface area contributed by atoms with Crippen LogP contribution in [0, 0.1) is 10.3 Å². The fourth-order valence-electron chi connectivity index (χ4n) is 1.60. The Labute approximate surface area is 97.8 Å². The molecule has 0 saturated carbocycles. The van der Waals surface area contributed by atoms with Gasteiger partial charge in [0.25, 0.3) is 0 Å². The zero-order valence-electron chi connectivity index (χ0n) is 9.88. The monoisotopic (exact) mass is 245 g/mol. The van der Waals surface area contributed by atoms with E-state index in [0.717, 1.165) is 12.1 Å². The number of hydrogen-bond acceptors (Lipinski definition) is 2. The van der Waals surface area contributed by atoms with Gasteiger partial charge >= 0.3 is 6.18 Å². The van der Waals surface area contributed by atoms with Crippen molar-refractivity contribution in [1.82, 2.24) is 0 Å². The highest BCUT2D eigenvalue weighted by molar-refractivity contribution is 5.29. The third-order valence-electron chi connectivity index (χ3n) is 2.46. The Morgan fingerprint density at radius 1 is 1.18 bits per heavy atom. The highest BCUT2D eigenvalue weighted by Gasteiger charge is 2.33. The van der Waals surface area contributed by atoms with Gasteiger partial charge in [-0.25, -0.2) is 0 Å². The first-order chi connectivity index (χ1) is 7.66. The van der Waals surface area contributed by atoms with Crippen LogP contribution >= 0.6 is 0 Å². The van der Waals surface area contributed by atoms with Gasteiger partial charge in [0, 0.05) is 0 Å². The van der Waals surface area contributed by atoms with Gasteiger partial charge in [-0.05, 0) is 23.1 Å². The van der Waals surface area contributed by atoms with E-state index in [1.807, 2.05) is 0 Å². The van der Waals surface area contributed by atoms with Gasteiger partial charge < -0.3 is 0 Å². The van der Waals surface area contributed by atoms with E-state index in [1.54, 1.807) is 20.8 Å². The molecule has 0 fully saturated rings. The number of benzene rings is 1. The fourth-order valence-corrected chi connectivity index (χ4v) is 1.60. The van der Waals surface area contributed by atoms with Gasteiger partial charge in [-0.2, -0.15) is 18.1 Å². The Morgan fingerprint density at radius 2 is 1.76 bits per heavy atom. The van der Waals surface area contributed by atoms with Crippen LogP contribution in [0.15, 0.2) is 29.4 Å². The number of rotatable bonds is 2. The second-order valence-corrected chi connectivity index (χ2v) is 5.00. The summed E-state index contributed by atoms with van der Waals surface area (Å²) in [5.41, 5.74) is -0.971. The third-order valence-corrected chi connectivity index (χ3v) is 2.46. The maximum absolute atomic E-state index is 12.5. The number of hydrogen-bond donors (Lipinski definition) is 0. The van der Waals surface area contributed by atoms with Crippen LogP contribution < -0.4 is 0 Å². The van der Waals surface area contributed by atoms with Gasteiger partial charge in [0.2, 0.25) is 0 Å². The second-order valence-electron chi connectivity index (χ2n) is 5.00. The summed E-state index contributed by atoms with van der Waals surface area (Å²) in [5.74, 6) is 0. The van der Waals surface area contributed by atoms with Crippen molar-refractivity contribution in [1.29, 1.82) is 0 Å². The molecule has 0 aromatic heterocycles. The van der Waals surface area contributed by atoms with E-state index in [9.17, 15) is 18.1 Å². The van der Waals surface area contributed by atoms with Crippen molar-refractivity contribution in [2.45, 2.75) is 33.0 Å². The van der Waals surface area contributed by atoms with Gasteiger partial charge in [0.05, 0.1) is 5.56 Å². The molecule has 2 nitrogen and oxygen atoms in total. The van der Waals surface area contributed by atoms with Crippen molar-refractivity contribution in [2.24, 2.45) is 10.6 Å². The van der Waals surface area contributed by atoms with Crippen LogP contribution in [0.2, 0.25) is 0 Å². The van der Waals surface area contributed by atoms with E-state index >= 15 is 0 Å². The standard InChI is InChI=1S/C12H14F3NO/c1-11(2,3)10(16-17)8-5-4-6-9(7-8)12(13,14)15/h4-7,10H,1-3H3. The van der Waals surface area contributed by atoms with Crippen molar-refractivity contribution in [3.05, 3.63) is 40.3 Å². The van der Waals surface area contributed by atoms with Crippen LogP contribution in [0.25, 0.3) is 0 Å². The maximum atomic E-state index is 12.5. The molecule has 0 aliphatic carbocycles. The first-order valence-electron chi connectivity index (χ1n) is 5.16. The molecule has 94 valence electrons. The quantitative estimate of drug-likeness (QED) is 0.702. The van der Waals surface area contributed by atoms with Crippen LogP contribution in [0.3, 0.4) is 0 Å². The summed E-state index contributed by atoms with van der Waals surface area (Å²) in [5, 5.41) is 2.94.